The monoisotopic (exact) mass is 185 g/mol. The van der Waals surface area contributed by atoms with Crippen LogP contribution in [0.3, 0.4) is 0 Å². The molecule has 0 N–H and O–H groups in total. The van der Waals surface area contributed by atoms with E-state index in [2.05, 4.69) is 0 Å². The molecule has 0 aromatic carbocycles. The largest absolute Gasteiger partial charge is 0.285 e. The minimum absolute atomic E-state index is 0.421. The van der Waals surface area contributed by atoms with E-state index < -0.39 is 16.7 Å². The number of hydrogen-bond acceptors (Lipinski definition) is 4. The van der Waals surface area contributed by atoms with Crippen LogP contribution in [0.25, 0.3) is 0 Å². The molecule has 4 nitrogen and oxygen atoms in total. The van der Waals surface area contributed by atoms with Crippen LogP contribution >= 0.6 is 11.3 Å². The lowest BCUT2D eigenvalue weighted by atomic mass is 10.2. The lowest BCUT2D eigenvalue weighted by molar-refractivity contribution is -0.500. The van der Waals surface area contributed by atoms with E-state index in [4.69, 9.17) is 0 Å². The van der Waals surface area contributed by atoms with E-state index in [-0.39, 0.29) is 0 Å². The summed E-state index contributed by atoms with van der Waals surface area (Å²) in [7, 11) is 0. The first kappa shape index (κ1) is 8.86. The van der Waals surface area contributed by atoms with Crippen LogP contribution < -0.4 is 0 Å². The first-order valence-electron chi connectivity index (χ1n) is 3.34. The highest BCUT2D eigenvalue weighted by molar-refractivity contribution is 7.12. The summed E-state index contributed by atoms with van der Waals surface area (Å²) in [6.07, 6.45) is 0. The fraction of sp³-hybridized carbons (Fsp3) is 0.286. The number of nitro groups is 1. The standard InChI is InChI=1S/C7H7NO3S/c1-5(8(10)11)7(9)6-3-2-4-12-6/h2-5H,1H3. The van der Waals surface area contributed by atoms with E-state index >= 15 is 0 Å². The van der Waals surface area contributed by atoms with Crippen LogP contribution in [0.1, 0.15) is 16.6 Å². The van der Waals surface area contributed by atoms with Crippen molar-refractivity contribution >= 4 is 17.1 Å². The Morgan fingerprint density at radius 3 is 2.83 bits per heavy atom. The lowest BCUT2D eigenvalue weighted by Crippen LogP contribution is -2.25. The van der Waals surface area contributed by atoms with Gasteiger partial charge in [-0.05, 0) is 11.4 Å². The maximum Gasteiger partial charge on any atom is 0.272 e. The average molecular weight is 185 g/mol. The SMILES string of the molecule is CC(C(=O)c1cccs1)[N+](=O)[O-]. The van der Waals surface area contributed by atoms with E-state index in [9.17, 15) is 14.9 Å². The van der Waals surface area contributed by atoms with Crippen molar-refractivity contribution in [2.75, 3.05) is 0 Å². The van der Waals surface area contributed by atoms with Gasteiger partial charge in [0.15, 0.2) is 0 Å². The molecular weight excluding hydrogens is 178 g/mol. The summed E-state index contributed by atoms with van der Waals surface area (Å²) in [5.41, 5.74) is 0. The Balaban J connectivity index is 2.79. The molecule has 0 fully saturated rings. The second-order valence-electron chi connectivity index (χ2n) is 2.30. The molecule has 1 atom stereocenters. The zero-order valence-electron chi connectivity index (χ0n) is 6.39. The van der Waals surface area contributed by atoms with Gasteiger partial charge in [0.2, 0.25) is 5.78 Å². The first-order valence-corrected chi connectivity index (χ1v) is 4.22. The molecule has 0 radical (unpaired) electrons. The third-order valence-corrected chi connectivity index (χ3v) is 2.34. The molecule has 0 saturated carbocycles. The van der Waals surface area contributed by atoms with Gasteiger partial charge in [0.25, 0.3) is 6.04 Å². The van der Waals surface area contributed by atoms with Crippen LogP contribution in [0.5, 0.6) is 0 Å². The predicted octanol–water partition coefficient (Wildman–Crippen LogP) is 1.60. The highest BCUT2D eigenvalue weighted by Gasteiger charge is 2.25. The molecule has 1 rings (SSSR count). The molecule has 12 heavy (non-hydrogen) atoms. The maximum atomic E-state index is 11.2. The topological polar surface area (TPSA) is 60.2 Å². The molecule has 5 heteroatoms. The summed E-state index contributed by atoms with van der Waals surface area (Å²) >= 11 is 1.22. The Kier molecular flexibility index (Phi) is 2.54. The first-order chi connectivity index (χ1) is 5.63. The smallest absolute Gasteiger partial charge is 0.272 e. The van der Waals surface area contributed by atoms with Crippen molar-refractivity contribution in [3.63, 3.8) is 0 Å². The molecule has 64 valence electrons. The summed E-state index contributed by atoms with van der Waals surface area (Å²) < 4.78 is 0. The van der Waals surface area contributed by atoms with Gasteiger partial charge in [0.05, 0.1) is 4.88 Å². The van der Waals surface area contributed by atoms with Gasteiger partial charge in [-0.25, -0.2) is 0 Å². The van der Waals surface area contributed by atoms with Crippen molar-refractivity contribution in [2.45, 2.75) is 13.0 Å². The van der Waals surface area contributed by atoms with Crippen LogP contribution in [0, 0.1) is 10.1 Å². The Bertz CT molecular complexity index is 294. The molecule has 0 aliphatic carbocycles. The minimum atomic E-state index is -1.14. The van der Waals surface area contributed by atoms with E-state index in [1.807, 2.05) is 0 Å². The molecule has 0 bridgehead atoms. The Morgan fingerprint density at radius 1 is 1.75 bits per heavy atom. The van der Waals surface area contributed by atoms with E-state index in [0.29, 0.717) is 4.88 Å². The minimum Gasteiger partial charge on any atom is -0.285 e. The molecule has 1 heterocycles. The third kappa shape index (κ3) is 1.68. The summed E-state index contributed by atoms with van der Waals surface area (Å²) in [6, 6.07) is 2.15. The summed E-state index contributed by atoms with van der Waals surface area (Å²) in [5.74, 6) is -0.421. The van der Waals surface area contributed by atoms with Crippen molar-refractivity contribution in [1.82, 2.24) is 0 Å². The highest BCUT2D eigenvalue weighted by atomic mass is 32.1. The Morgan fingerprint density at radius 2 is 2.42 bits per heavy atom. The number of ketones is 1. The zero-order chi connectivity index (χ0) is 9.14. The van der Waals surface area contributed by atoms with Gasteiger partial charge < -0.3 is 0 Å². The molecule has 0 aliphatic rings. The molecule has 0 amide bonds. The zero-order valence-corrected chi connectivity index (χ0v) is 7.21. The van der Waals surface area contributed by atoms with Crippen molar-refractivity contribution < 1.29 is 9.72 Å². The van der Waals surface area contributed by atoms with Gasteiger partial charge in [-0.2, -0.15) is 0 Å². The molecule has 0 aliphatic heterocycles. The van der Waals surface area contributed by atoms with Gasteiger partial charge in [-0.15, -0.1) is 11.3 Å². The number of carbonyl (C=O) groups excluding carboxylic acids is 1. The molecule has 0 saturated heterocycles. The van der Waals surface area contributed by atoms with Crippen molar-refractivity contribution in [1.29, 1.82) is 0 Å². The maximum absolute atomic E-state index is 11.2. The lowest BCUT2D eigenvalue weighted by Gasteiger charge is -1.98. The molecular formula is C7H7NO3S. The molecule has 0 spiro atoms. The van der Waals surface area contributed by atoms with Crippen LogP contribution in [-0.2, 0) is 0 Å². The van der Waals surface area contributed by atoms with Gasteiger partial charge in [-0.1, -0.05) is 6.07 Å². The van der Waals surface area contributed by atoms with Gasteiger partial charge in [0, 0.05) is 11.8 Å². The second kappa shape index (κ2) is 3.44. The van der Waals surface area contributed by atoms with E-state index in [1.165, 1.54) is 18.3 Å². The number of hydrogen-bond donors (Lipinski definition) is 0. The molecule has 1 aromatic rings. The van der Waals surface area contributed by atoms with Crippen LogP contribution in [0.15, 0.2) is 17.5 Å². The predicted molar refractivity (Wildman–Crippen MR) is 45.1 cm³/mol. The second-order valence-corrected chi connectivity index (χ2v) is 3.25. The Labute approximate surface area is 73.0 Å². The van der Waals surface area contributed by atoms with E-state index in [1.54, 1.807) is 17.5 Å². The summed E-state index contributed by atoms with van der Waals surface area (Å²) in [4.78, 5) is 21.3. The number of nitrogens with zero attached hydrogens (tertiary/aromatic N) is 1. The average Bonchev–Trinajstić information content (AvgIpc) is 2.53. The quantitative estimate of drug-likeness (QED) is 0.408. The van der Waals surface area contributed by atoms with Crippen molar-refractivity contribution in [3.8, 4) is 0 Å². The van der Waals surface area contributed by atoms with Crippen molar-refractivity contribution in [3.05, 3.63) is 32.5 Å². The fourth-order valence-corrected chi connectivity index (χ4v) is 1.47. The van der Waals surface area contributed by atoms with Gasteiger partial charge in [-0.3, -0.25) is 14.9 Å². The van der Waals surface area contributed by atoms with Gasteiger partial charge in [0.1, 0.15) is 0 Å². The highest BCUT2D eigenvalue weighted by Crippen LogP contribution is 2.12. The van der Waals surface area contributed by atoms with E-state index in [0.717, 1.165) is 0 Å². The summed E-state index contributed by atoms with van der Waals surface area (Å²) in [5, 5.41) is 11.9. The van der Waals surface area contributed by atoms with Crippen LogP contribution in [0.2, 0.25) is 0 Å². The fourth-order valence-electron chi connectivity index (χ4n) is 0.720. The van der Waals surface area contributed by atoms with Gasteiger partial charge >= 0.3 is 0 Å². The van der Waals surface area contributed by atoms with Crippen molar-refractivity contribution in [2.24, 2.45) is 0 Å². The molecule has 1 unspecified atom stereocenters. The third-order valence-electron chi connectivity index (χ3n) is 1.46. The number of carbonyl (C=O) groups is 1. The Hall–Kier alpha value is -1.23. The normalized spacial score (nSPS) is 12.4. The number of thiophene rings is 1. The summed E-state index contributed by atoms with van der Waals surface area (Å²) in [6.45, 7) is 1.29. The number of rotatable bonds is 3. The van der Waals surface area contributed by atoms with Crippen LogP contribution in [-0.4, -0.2) is 16.7 Å². The van der Waals surface area contributed by atoms with Crippen LogP contribution in [0.4, 0.5) is 0 Å². The molecule has 1 aromatic heterocycles. The number of Topliss-reactive ketones (excluding diaryl/α,β-unsaturated/α-hetero) is 1.